The molecule has 2 heterocycles. The number of aliphatic hydroxyl groups is 1. The van der Waals surface area contributed by atoms with Crippen LogP contribution in [0.15, 0.2) is 24.3 Å². The molecule has 1 aromatic heterocycles. The number of halogens is 1. The highest BCUT2D eigenvalue weighted by Gasteiger charge is 2.26. The Hall–Kier alpha value is -1.21. The van der Waals surface area contributed by atoms with Crippen molar-refractivity contribution in [1.29, 1.82) is 0 Å². The predicted molar refractivity (Wildman–Crippen MR) is 106 cm³/mol. The molecule has 2 aromatic rings. The van der Waals surface area contributed by atoms with Gasteiger partial charge in [-0.05, 0) is 50.0 Å². The van der Waals surface area contributed by atoms with Gasteiger partial charge < -0.3 is 5.11 Å². The van der Waals surface area contributed by atoms with Crippen molar-refractivity contribution in [3.8, 4) is 11.4 Å². The number of hydrogen-bond donors (Lipinski definition) is 1. The Balaban J connectivity index is 1.73. The Morgan fingerprint density at radius 1 is 1.15 bits per heavy atom. The summed E-state index contributed by atoms with van der Waals surface area (Å²) in [6.45, 7) is 2.27. The second-order valence-corrected chi connectivity index (χ2v) is 8.18. The van der Waals surface area contributed by atoms with E-state index in [1.54, 1.807) is 0 Å². The van der Waals surface area contributed by atoms with Crippen molar-refractivity contribution in [2.75, 3.05) is 13.1 Å². The van der Waals surface area contributed by atoms with Crippen LogP contribution in [0.25, 0.3) is 11.4 Å². The Morgan fingerprint density at radius 3 is 2.65 bits per heavy atom. The second kappa shape index (κ2) is 7.80. The number of aromatic nitrogens is 3. The van der Waals surface area contributed by atoms with Crippen LogP contribution in [0, 0.1) is 4.77 Å². The molecule has 0 unspecified atom stereocenters. The fourth-order valence-electron chi connectivity index (χ4n) is 4.18. The summed E-state index contributed by atoms with van der Waals surface area (Å²) in [5.41, 5.74) is 0.935. The van der Waals surface area contributed by atoms with E-state index < -0.39 is 0 Å². The van der Waals surface area contributed by atoms with Gasteiger partial charge in [0.2, 0.25) is 0 Å². The first-order valence-corrected chi connectivity index (χ1v) is 10.3. The summed E-state index contributed by atoms with van der Waals surface area (Å²) in [7, 11) is 0. The quantitative estimate of drug-likeness (QED) is 0.789. The van der Waals surface area contributed by atoms with Crippen LogP contribution >= 0.6 is 23.8 Å². The number of likely N-dealkylation sites (tertiary alicyclic amines) is 1. The first-order valence-electron chi connectivity index (χ1n) is 9.48. The van der Waals surface area contributed by atoms with E-state index in [1.165, 1.54) is 12.8 Å². The number of nitrogens with zero attached hydrogens (tertiary/aromatic N) is 4. The fraction of sp³-hybridized carbons (Fsp3) is 0.579. The minimum absolute atomic E-state index is 0.252. The Morgan fingerprint density at radius 2 is 1.92 bits per heavy atom. The first kappa shape index (κ1) is 18.2. The number of hydrogen-bond acceptors (Lipinski definition) is 4. The highest BCUT2D eigenvalue weighted by molar-refractivity contribution is 7.71. The molecule has 1 saturated heterocycles. The molecule has 0 amide bonds. The van der Waals surface area contributed by atoms with Gasteiger partial charge in [-0.15, -0.1) is 0 Å². The van der Waals surface area contributed by atoms with E-state index in [1.807, 2.05) is 28.9 Å². The van der Waals surface area contributed by atoms with E-state index in [0.29, 0.717) is 24.3 Å². The lowest BCUT2D eigenvalue weighted by molar-refractivity contribution is 0.0512. The number of rotatable bonds is 4. The molecule has 2 aliphatic rings. The zero-order chi connectivity index (χ0) is 18.1. The SMILES string of the molecule is O[C@@H]1CCCN(Cn2nc(-c3ccccc3Cl)n(C3CCCC3)c2=S)C1. The minimum atomic E-state index is -0.252. The van der Waals surface area contributed by atoms with Gasteiger partial charge in [-0.1, -0.05) is 36.6 Å². The van der Waals surface area contributed by atoms with E-state index in [0.717, 1.165) is 48.4 Å². The maximum absolute atomic E-state index is 9.95. The lowest BCUT2D eigenvalue weighted by atomic mass is 10.1. The molecule has 1 aliphatic carbocycles. The molecule has 5 nitrogen and oxygen atoms in total. The van der Waals surface area contributed by atoms with Crippen LogP contribution < -0.4 is 0 Å². The van der Waals surface area contributed by atoms with Gasteiger partial charge in [0.25, 0.3) is 0 Å². The maximum Gasteiger partial charge on any atom is 0.199 e. The molecule has 1 aliphatic heterocycles. The van der Waals surface area contributed by atoms with Crippen LogP contribution in [-0.4, -0.2) is 43.5 Å². The summed E-state index contributed by atoms with van der Waals surface area (Å²) in [5, 5.41) is 15.5. The monoisotopic (exact) mass is 392 g/mol. The highest BCUT2D eigenvalue weighted by Crippen LogP contribution is 2.35. The van der Waals surface area contributed by atoms with Crippen molar-refractivity contribution in [3.63, 3.8) is 0 Å². The van der Waals surface area contributed by atoms with Crippen molar-refractivity contribution in [2.24, 2.45) is 0 Å². The first-order chi connectivity index (χ1) is 12.6. The average molecular weight is 393 g/mol. The van der Waals surface area contributed by atoms with Gasteiger partial charge in [0.15, 0.2) is 10.6 Å². The van der Waals surface area contributed by atoms with Gasteiger partial charge in [-0.3, -0.25) is 9.47 Å². The summed E-state index contributed by atoms with van der Waals surface area (Å²) in [6.07, 6.45) is 6.38. The molecule has 26 heavy (non-hydrogen) atoms. The van der Waals surface area contributed by atoms with Gasteiger partial charge in [0.1, 0.15) is 0 Å². The molecule has 0 spiro atoms. The van der Waals surface area contributed by atoms with E-state index in [9.17, 15) is 5.11 Å². The summed E-state index contributed by atoms with van der Waals surface area (Å²) in [4.78, 5) is 2.23. The van der Waals surface area contributed by atoms with Crippen LogP contribution in [0.2, 0.25) is 5.02 Å². The summed E-state index contributed by atoms with van der Waals surface area (Å²) >= 11 is 12.3. The normalized spacial score (nSPS) is 22.2. The number of β-amino-alcohol motifs (C(OH)–C–C–N with tert-alkyl or cyclic N) is 1. The zero-order valence-corrected chi connectivity index (χ0v) is 16.4. The maximum atomic E-state index is 9.95. The van der Waals surface area contributed by atoms with Crippen LogP contribution in [-0.2, 0) is 6.67 Å². The Labute approximate surface area is 164 Å². The Bertz CT molecular complexity index is 827. The molecule has 1 saturated carbocycles. The van der Waals surface area contributed by atoms with Gasteiger partial charge in [-0.25, -0.2) is 4.68 Å². The molecule has 1 aromatic carbocycles. The van der Waals surface area contributed by atoms with Crippen LogP contribution in [0.4, 0.5) is 0 Å². The van der Waals surface area contributed by atoms with E-state index in [-0.39, 0.29) is 6.10 Å². The third kappa shape index (κ3) is 3.60. The van der Waals surface area contributed by atoms with Crippen molar-refractivity contribution < 1.29 is 5.11 Å². The van der Waals surface area contributed by atoms with Gasteiger partial charge in [0.05, 0.1) is 17.8 Å². The van der Waals surface area contributed by atoms with E-state index >= 15 is 0 Å². The summed E-state index contributed by atoms with van der Waals surface area (Å²) in [6, 6.07) is 8.24. The van der Waals surface area contributed by atoms with Crippen molar-refractivity contribution in [1.82, 2.24) is 19.2 Å². The standard InChI is InChI=1S/C19H25ClN4OS/c20-17-10-4-3-9-16(17)18-21-23(13-22-11-5-8-15(25)12-22)19(26)24(18)14-6-1-2-7-14/h3-4,9-10,14-15,25H,1-2,5-8,11-13H2/t15-/m1/s1. The number of benzene rings is 1. The molecule has 1 atom stereocenters. The van der Waals surface area contributed by atoms with Gasteiger partial charge in [-0.2, -0.15) is 5.10 Å². The van der Waals surface area contributed by atoms with E-state index in [4.69, 9.17) is 28.9 Å². The van der Waals surface area contributed by atoms with Crippen molar-refractivity contribution >= 4 is 23.8 Å². The van der Waals surface area contributed by atoms with E-state index in [2.05, 4.69) is 9.47 Å². The van der Waals surface area contributed by atoms with Gasteiger partial charge in [0, 0.05) is 24.7 Å². The van der Waals surface area contributed by atoms with Gasteiger partial charge >= 0.3 is 0 Å². The molecule has 0 radical (unpaired) electrons. The largest absolute Gasteiger partial charge is 0.392 e. The summed E-state index contributed by atoms with van der Waals surface area (Å²) in [5.74, 6) is 0.866. The molecular weight excluding hydrogens is 368 g/mol. The third-order valence-corrected chi connectivity index (χ3v) is 6.23. The topological polar surface area (TPSA) is 46.2 Å². The smallest absolute Gasteiger partial charge is 0.199 e. The van der Waals surface area contributed by atoms with Crippen LogP contribution in [0.3, 0.4) is 0 Å². The Kier molecular flexibility index (Phi) is 5.45. The van der Waals surface area contributed by atoms with Crippen molar-refractivity contribution in [3.05, 3.63) is 34.1 Å². The molecule has 7 heteroatoms. The average Bonchev–Trinajstić information content (AvgIpc) is 3.24. The zero-order valence-electron chi connectivity index (χ0n) is 14.9. The predicted octanol–water partition coefficient (Wildman–Crippen LogP) is 4.26. The molecule has 1 N–H and O–H groups in total. The molecular formula is C19H25ClN4OS. The molecule has 2 fully saturated rings. The lowest BCUT2D eigenvalue weighted by Crippen LogP contribution is -2.39. The lowest BCUT2D eigenvalue weighted by Gasteiger charge is -2.29. The van der Waals surface area contributed by atoms with Crippen molar-refractivity contribution in [2.45, 2.75) is 57.3 Å². The molecule has 140 valence electrons. The third-order valence-electron chi connectivity index (χ3n) is 5.49. The highest BCUT2D eigenvalue weighted by atomic mass is 35.5. The van der Waals surface area contributed by atoms with Crippen LogP contribution in [0.1, 0.15) is 44.6 Å². The van der Waals surface area contributed by atoms with Crippen LogP contribution in [0.5, 0.6) is 0 Å². The number of aliphatic hydroxyl groups excluding tert-OH is 1. The number of piperidine rings is 1. The molecule has 0 bridgehead atoms. The summed E-state index contributed by atoms with van der Waals surface area (Å²) < 4.78 is 4.88. The molecule has 4 rings (SSSR count). The minimum Gasteiger partial charge on any atom is -0.392 e. The second-order valence-electron chi connectivity index (χ2n) is 7.41. The fourth-order valence-corrected chi connectivity index (χ4v) is 4.73.